The Kier molecular flexibility index (Phi) is 10.5. The van der Waals surface area contributed by atoms with E-state index in [9.17, 15) is 14.7 Å². The molecule has 7 rings (SSSR count). The van der Waals surface area contributed by atoms with E-state index < -0.39 is 5.60 Å². The number of fused-ring (bicyclic) bond motifs is 1. The molecule has 276 valence electrons. The van der Waals surface area contributed by atoms with Gasteiger partial charge in [-0.3, -0.25) is 18.9 Å². The summed E-state index contributed by atoms with van der Waals surface area (Å²) in [6.45, 7) is 3.43. The van der Waals surface area contributed by atoms with Crippen LogP contribution in [0.3, 0.4) is 0 Å². The summed E-state index contributed by atoms with van der Waals surface area (Å²) < 4.78 is 12.8. The van der Waals surface area contributed by atoms with E-state index in [1.165, 1.54) is 11.5 Å². The molecular weight excluding hydrogens is 715 g/mol. The molecule has 2 aliphatic rings. The number of carbonyl (C=O) groups is 1. The normalized spacial score (nSPS) is 19.7. The molecule has 53 heavy (non-hydrogen) atoms. The van der Waals surface area contributed by atoms with Crippen LogP contribution < -0.4 is 25.7 Å². The molecule has 5 aromatic rings. The quantitative estimate of drug-likeness (QED) is 0.138. The Morgan fingerprint density at radius 2 is 1.64 bits per heavy atom. The Bertz CT molecular complexity index is 2250. The average molecular weight is 758 g/mol. The molecule has 11 nitrogen and oxygen atoms in total. The van der Waals surface area contributed by atoms with Crippen molar-refractivity contribution in [3.63, 3.8) is 0 Å². The zero-order valence-electron chi connectivity index (χ0n) is 30.1. The highest BCUT2D eigenvalue weighted by molar-refractivity contribution is 6.39. The number of pyridine rings is 2. The second kappa shape index (κ2) is 15.1. The van der Waals surface area contributed by atoms with Gasteiger partial charge in [-0.05, 0) is 57.0 Å². The molecule has 0 bridgehead atoms. The number of hydrogen-bond donors (Lipinski definition) is 3. The third kappa shape index (κ3) is 7.63. The van der Waals surface area contributed by atoms with Crippen LogP contribution in [0.25, 0.3) is 39.2 Å². The van der Waals surface area contributed by atoms with Gasteiger partial charge in [0, 0.05) is 72.2 Å². The number of nitrogens with one attached hydrogen (secondary N) is 2. The lowest BCUT2D eigenvalue weighted by atomic mass is 9.77. The predicted molar refractivity (Wildman–Crippen MR) is 207 cm³/mol. The standard InChI is InChI=1S/C40H42Cl2N6O5/c1-40(51)18-26(19-40)43-20-31-38(53-4)46-33-17-23(15-16-48(33)39(31)50)27-7-5-8-28(35(27)41)29-9-6-10-30(36(29)42)32-13-11-24(37(45-32)52-3)21-47(2)22-25-12-14-34(49)44-25/h5-11,13,15-17,25-26,43,51H,12,14,18-22H2,1-4H3,(H,44,49)/t25-,26-,40-/m0/s1. The Balaban J connectivity index is 1.15. The Morgan fingerprint density at radius 3 is 2.30 bits per heavy atom. The second-order valence-corrected chi connectivity index (χ2v) is 15.0. The van der Waals surface area contributed by atoms with E-state index in [2.05, 4.69) is 20.5 Å². The second-order valence-electron chi connectivity index (χ2n) is 14.2. The molecule has 0 radical (unpaired) electrons. The lowest BCUT2D eigenvalue weighted by Gasteiger charge is -2.41. The number of rotatable bonds is 12. The molecule has 3 aromatic heterocycles. The lowest BCUT2D eigenvalue weighted by Crippen LogP contribution is -2.51. The molecule has 1 atom stereocenters. The van der Waals surface area contributed by atoms with Crippen molar-refractivity contribution in [2.24, 2.45) is 0 Å². The number of hydrogen-bond acceptors (Lipinski definition) is 9. The fraction of sp³-hybridized carbons (Fsp3) is 0.350. The number of aliphatic hydroxyl groups is 1. The summed E-state index contributed by atoms with van der Waals surface area (Å²) in [5.41, 5.74) is 5.23. The summed E-state index contributed by atoms with van der Waals surface area (Å²) in [5.74, 6) is 0.852. The van der Waals surface area contributed by atoms with Gasteiger partial charge in [0.2, 0.25) is 17.7 Å². The molecule has 0 spiro atoms. The first-order valence-electron chi connectivity index (χ1n) is 17.6. The number of nitrogens with zero attached hydrogens (tertiary/aromatic N) is 4. The fourth-order valence-electron chi connectivity index (χ4n) is 7.40. The summed E-state index contributed by atoms with van der Waals surface area (Å²) in [6.07, 6.45) is 4.35. The van der Waals surface area contributed by atoms with Crippen molar-refractivity contribution in [3.8, 4) is 45.3 Å². The van der Waals surface area contributed by atoms with Gasteiger partial charge in [-0.25, -0.2) is 4.98 Å². The van der Waals surface area contributed by atoms with Gasteiger partial charge in [-0.15, -0.1) is 0 Å². The molecule has 1 saturated heterocycles. The number of halogens is 2. The van der Waals surface area contributed by atoms with E-state index in [1.807, 2.05) is 74.6 Å². The first-order valence-corrected chi connectivity index (χ1v) is 18.3. The lowest BCUT2D eigenvalue weighted by molar-refractivity contribution is -0.119. The topological polar surface area (TPSA) is 130 Å². The van der Waals surface area contributed by atoms with Gasteiger partial charge in [-0.1, -0.05) is 65.7 Å². The predicted octanol–water partition coefficient (Wildman–Crippen LogP) is 6.13. The van der Waals surface area contributed by atoms with Gasteiger partial charge in [-0.2, -0.15) is 4.98 Å². The molecule has 3 N–H and O–H groups in total. The Labute approximate surface area is 317 Å². The summed E-state index contributed by atoms with van der Waals surface area (Å²) in [7, 11) is 5.11. The van der Waals surface area contributed by atoms with E-state index >= 15 is 0 Å². The summed E-state index contributed by atoms with van der Waals surface area (Å²) >= 11 is 14.3. The fourth-order valence-corrected chi connectivity index (χ4v) is 8.06. The number of benzene rings is 2. The van der Waals surface area contributed by atoms with E-state index in [-0.39, 0.29) is 36.0 Å². The van der Waals surface area contributed by atoms with Crippen molar-refractivity contribution in [3.05, 3.63) is 98.4 Å². The van der Waals surface area contributed by atoms with Crippen molar-refractivity contribution in [2.45, 2.75) is 63.4 Å². The van der Waals surface area contributed by atoms with Crippen LogP contribution >= 0.6 is 23.2 Å². The minimum absolute atomic E-state index is 0.101. The summed E-state index contributed by atoms with van der Waals surface area (Å²) in [6, 6.07) is 19.4. The maximum absolute atomic E-state index is 13.6. The van der Waals surface area contributed by atoms with Crippen molar-refractivity contribution in [2.75, 3.05) is 27.8 Å². The maximum Gasteiger partial charge on any atom is 0.266 e. The van der Waals surface area contributed by atoms with Crippen LogP contribution in [-0.2, 0) is 17.9 Å². The van der Waals surface area contributed by atoms with E-state index in [1.54, 1.807) is 13.3 Å². The van der Waals surface area contributed by atoms with Gasteiger partial charge >= 0.3 is 0 Å². The van der Waals surface area contributed by atoms with Crippen molar-refractivity contribution < 1.29 is 19.4 Å². The number of carbonyl (C=O) groups excluding carboxylic acids is 1. The van der Waals surface area contributed by atoms with Crippen LogP contribution in [0, 0.1) is 0 Å². The highest BCUT2D eigenvalue weighted by Crippen LogP contribution is 2.42. The number of aromatic nitrogens is 3. The van der Waals surface area contributed by atoms with Crippen LogP contribution in [0.15, 0.2) is 71.7 Å². The molecule has 13 heteroatoms. The number of methoxy groups -OCH3 is 2. The molecule has 0 unspecified atom stereocenters. The number of likely N-dealkylation sites (N-methyl/N-ethyl adjacent to an activating group) is 1. The zero-order valence-corrected chi connectivity index (χ0v) is 31.6. The smallest absolute Gasteiger partial charge is 0.266 e. The number of amides is 1. The molecule has 2 aromatic carbocycles. The van der Waals surface area contributed by atoms with Crippen LogP contribution in [0.1, 0.15) is 43.7 Å². The van der Waals surface area contributed by atoms with Crippen molar-refractivity contribution in [1.82, 2.24) is 29.9 Å². The largest absolute Gasteiger partial charge is 0.481 e. The molecular formula is C40H42Cl2N6O5. The van der Waals surface area contributed by atoms with Gasteiger partial charge in [0.25, 0.3) is 5.56 Å². The van der Waals surface area contributed by atoms with E-state index in [4.69, 9.17) is 37.7 Å². The summed E-state index contributed by atoms with van der Waals surface area (Å²) in [5, 5.41) is 17.4. The molecule has 1 saturated carbocycles. The van der Waals surface area contributed by atoms with Crippen LogP contribution in [-0.4, -0.2) is 75.8 Å². The molecule has 2 fully saturated rings. The molecule has 1 aliphatic heterocycles. The first kappa shape index (κ1) is 36.8. The van der Waals surface area contributed by atoms with Gasteiger partial charge in [0.05, 0.1) is 41.1 Å². The molecule has 1 amide bonds. The zero-order chi connectivity index (χ0) is 37.4. The third-order valence-corrected chi connectivity index (χ3v) is 10.9. The van der Waals surface area contributed by atoms with Crippen molar-refractivity contribution in [1.29, 1.82) is 0 Å². The maximum atomic E-state index is 13.6. The molecule has 4 heterocycles. The highest BCUT2D eigenvalue weighted by atomic mass is 35.5. The SMILES string of the molecule is COc1nc(-c2cccc(-c3cccc(-c4ccn5c(=O)c(CN[C@H]6C[C@](C)(O)C6)c(OC)nc5c4)c3Cl)c2Cl)ccc1CN(C)C[C@@H]1CCC(=O)N1. The first-order chi connectivity index (χ1) is 25.4. The molecule has 1 aliphatic carbocycles. The highest BCUT2D eigenvalue weighted by Gasteiger charge is 2.38. The van der Waals surface area contributed by atoms with Gasteiger partial charge in [0.15, 0.2) is 0 Å². The number of ether oxygens (including phenoxy) is 2. The van der Waals surface area contributed by atoms with E-state index in [0.29, 0.717) is 58.6 Å². The average Bonchev–Trinajstić information content (AvgIpc) is 3.54. The van der Waals surface area contributed by atoms with Crippen molar-refractivity contribution >= 4 is 34.8 Å². The van der Waals surface area contributed by atoms with Crippen LogP contribution in [0.4, 0.5) is 0 Å². The third-order valence-electron chi connectivity index (χ3n) is 10.1. The van der Waals surface area contributed by atoms with Gasteiger partial charge in [0.1, 0.15) is 5.65 Å². The monoisotopic (exact) mass is 756 g/mol. The Hall–Kier alpha value is -4.52. The van der Waals surface area contributed by atoms with Crippen LogP contribution in [0.5, 0.6) is 11.8 Å². The minimum atomic E-state index is -0.671. The van der Waals surface area contributed by atoms with E-state index in [0.717, 1.165) is 46.3 Å². The summed E-state index contributed by atoms with van der Waals surface area (Å²) in [4.78, 5) is 36.9. The Morgan fingerprint density at radius 1 is 0.962 bits per heavy atom. The van der Waals surface area contributed by atoms with Crippen LogP contribution in [0.2, 0.25) is 10.0 Å². The minimum Gasteiger partial charge on any atom is -0.481 e. The van der Waals surface area contributed by atoms with Gasteiger partial charge < -0.3 is 25.2 Å².